The number of aromatic nitrogens is 8. The molecule has 0 saturated carbocycles. The van der Waals surface area contributed by atoms with E-state index in [0.29, 0.717) is 28.3 Å². The van der Waals surface area contributed by atoms with Crippen molar-refractivity contribution in [2.75, 3.05) is 14.2 Å². The molecule has 0 atom stereocenters. The van der Waals surface area contributed by atoms with Gasteiger partial charge in [-0.1, -0.05) is 0 Å². The summed E-state index contributed by atoms with van der Waals surface area (Å²) in [7, 11) is 3.11. The maximum absolute atomic E-state index is 12.8. The summed E-state index contributed by atoms with van der Waals surface area (Å²) in [5.74, 6) is 1.65. The lowest BCUT2D eigenvalue weighted by Crippen LogP contribution is -2.20. The highest BCUT2D eigenvalue weighted by Gasteiger charge is 2.14. The zero-order chi connectivity index (χ0) is 17.4. The van der Waals surface area contributed by atoms with Crippen LogP contribution in [0.5, 0.6) is 0 Å². The maximum atomic E-state index is 12.8. The van der Waals surface area contributed by atoms with Crippen LogP contribution in [0.25, 0.3) is 22.6 Å². The van der Waals surface area contributed by atoms with Crippen molar-refractivity contribution >= 4 is 16.7 Å². The van der Waals surface area contributed by atoms with E-state index in [2.05, 4.69) is 30.2 Å². The molecule has 0 saturated heterocycles. The molecule has 4 aromatic rings. The molecule has 11 nitrogen and oxygen atoms in total. The smallest absolute Gasteiger partial charge is 0.268 e. The molecule has 0 unspecified atom stereocenters. The number of fused-ring (bicyclic) bond motifs is 3. The predicted molar refractivity (Wildman–Crippen MR) is 85.3 cm³/mol. The Kier molecular flexibility index (Phi) is 3.71. The van der Waals surface area contributed by atoms with Gasteiger partial charge in [0.05, 0.1) is 10.9 Å². The van der Waals surface area contributed by atoms with Crippen LogP contribution in [-0.4, -0.2) is 53.6 Å². The van der Waals surface area contributed by atoms with Crippen LogP contribution in [0.1, 0.15) is 11.6 Å². The van der Waals surface area contributed by atoms with Gasteiger partial charge in [-0.2, -0.15) is 14.5 Å². The molecule has 4 aromatic heterocycles. The van der Waals surface area contributed by atoms with Crippen LogP contribution in [0.3, 0.4) is 0 Å². The van der Waals surface area contributed by atoms with Gasteiger partial charge in [0.25, 0.3) is 17.3 Å². The van der Waals surface area contributed by atoms with Crippen LogP contribution >= 0.6 is 0 Å². The maximum Gasteiger partial charge on any atom is 0.268 e. The van der Waals surface area contributed by atoms with E-state index in [4.69, 9.17) is 9.47 Å². The van der Waals surface area contributed by atoms with Gasteiger partial charge in [0.1, 0.15) is 13.2 Å². The summed E-state index contributed by atoms with van der Waals surface area (Å²) in [5, 5.41) is 11.5. The van der Waals surface area contributed by atoms with Gasteiger partial charge in [-0.05, 0) is 6.07 Å². The highest BCUT2D eigenvalue weighted by molar-refractivity contribution is 5.78. The molecule has 0 aliphatic carbocycles. The van der Waals surface area contributed by atoms with Crippen LogP contribution in [0.2, 0.25) is 0 Å². The Bertz CT molecular complexity index is 1110. The summed E-state index contributed by atoms with van der Waals surface area (Å²) in [5.41, 5.74) is 0.285. The highest BCUT2D eigenvalue weighted by atomic mass is 16.5. The number of methoxy groups -OCH3 is 2. The lowest BCUT2D eigenvalue weighted by atomic mass is 10.3. The fourth-order valence-corrected chi connectivity index (χ4v) is 2.50. The molecule has 25 heavy (non-hydrogen) atoms. The van der Waals surface area contributed by atoms with Crippen LogP contribution in [0.4, 0.5) is 0 Å². The molecule has 0 fully saturated rings. The molecule has 1 N–H and O–H groups in total. The summed E-state index contributed by atoms with van der Waals surface area (Å²) >= 11 is 0. The van der Waals surface area contributed by atoms with Gasteiger partial charge in [0.2, 0.25) is 0 Å². The molecule has 11 heteroatoms. The van der Waals surface area contributed by atoms with Crippen LogP contribution in [0.15, 0.2) is 23.3 Å². The lowest BCUT2D eigenvalue weighted by molar-refractivity contribution is 0.178. The fourth-order valence-electron chi connectivity index (χ4n) is 2.50. The molecule has 0 aliphatic heterocycles. The summed E-state index contributed by atoms with van der Waals surface area (Å²) in [6.07, 6.45) is 3.05. The summed E-state index contributed by atoms with van der Waals surface area (Å²) < 4.78 is 12.9. The standard InChI is InChI=1S/C14H14N8O3/c1-24-6-10-16-14(19-18-10)21-4-3-9-8(12(21)23)5-15-13-17-11(7-25-2)20-22(9)13/h3-5H,6-7H2,1-2H3,(H,16,18,19). The first-order chi connectivity index (χ1) is 12.2. The van der Waals surface area contributed by atoms with Gasteiger partial charge in [0, 0.05) is 26.6 Å². The van der Waals surface area contributed by atoms with E-state index in [1.807, 2.05) is 0 Å². The van der Waals surface area contributed by atoms with Crippen molar-refractivity contribution in [2.24, 2.45) is 0 Å². The first-order valence-electron chi connectivity index (χ1n) is 7.37. The Morgan fingerprint density at radius 2 is 2.04 bits per heavy atom. The number of ether oxygens (including phenoxy) is 2. The Balaban J connectivity index is 1.87. The van der Waals surface area contributed by atoms with E-state index in [0.717, 1.165) is 0 Å². The third-order valence-electron chi connectivity index (χ3n) is 3.57. The number of aromatic amines is 1. The number of hydrogen-bond donors (Lipinski definition) is 1. The van der Waals surface area contributed by atoms with Gasteiger partial charge < -0.3 is 9.47 Å². The Morgan fingerprint density at radius 3 is 2.84 bits per heavy atom. The average molecular weight is 342 g/mol. The minimum absolute atomic E-state index is 0.234. The van der Waals surface area contributed by atoms with E-state index < -0.39 is 0 Å². The number of pyridine rings is 1. The summed E-state index contributed by atoms with van der Waals surface area (Å²) in [4.78, 5) is 25.5. The molecule has 0 amide bonds. The lowest BCUT2D eigenvalue weighted by Gasteiger charge is -2.03. The fraction of sp³-hybridized carbons (Fsp3) is 0.286. The van der Waals surface area contributed by atoms with Gasteiger partial charge in [-0.25, -0.2) is 9.55 Å². The van der Waals surface area contributed by atoms with Crippen LogP contribution < -0.4 is 5.56 Å². The van der Waals surface area contributed by atoms with E-state index in [-0.39, 0.29) is 24.7 Å². The van der Waals surface area contributed by atoms with Gasteiger partial charge >= 0.3 is 0 Å². The number of H-pyrrole nitrogens is 1. The molecular weight excluding hydrogens is 328 g/mol. The first kappa shape index (κ1) is 15.4. The van der Waals surface area contributed by atoms with Crippen LogP contribution in [0, 0.1) is 0 Å². The van der Waals surface area contributed by atoms with Crippen molar-refractivity contribution in [1.29, 1.82) is 0 Å². The van der Waals surface area contributed by atoms with Gasteiger partial charge in [0.15, 0.2) is 11.6 Å². The van der Waals surface area contributed by atoms with E-state index >= 15 is 0 Å². The SMILES string of the molecule is COCc1nc2ncc3c(=O)n(-c4n[nH]c(COC)n4)ccc3n2n1. The number of nitrogens with zero attached hydrogens (tertiary/aromatic N) is 7. The van der Waals surface area contributed by atoms with Crippen molar-refractivity contribution in [2.45, 2.75) is 13.2 Å². The number of nitrogens with one attached hydrogen (secondary N) is 1. The second-order valence-corrected chi connectivity index (χ2v) is 5.24. The third kappa shape index (κ3) is 2.55. The Morgan fingerprint density at radius 1 is 1.20 bits per heavy atom. The first-order valence-corrected chi connectivity index (χ1v) is 7.37. The number of hydrogen-bond acceptors (Lipinski definition) is 8. The minimum atomic E-state index is -0.307. The molecule has 4 heterocycles. The molecule has 128 valence electrons. The zero-order valence-electron chi connectivity index (χ0n) is 13.5. The molecule has 0 radical (unpaired) electrons. The van der Waals surface area contributed by atoms with Crippen LogP contribution in [-0.2, 0) is 22.7 Å². The highest BCUT2D eigenvalue weighted by Crippen LogP contribution is 2.12. The minimum Gasteiger partial charge on any atom is -0.377 e. The molecule has 0 bridgehead atoms. The third-order valence-corrected chi connectivity index (χ3v) is 3.57. The van der Waals surface area contributed by atoms with Crippen molar-refractivity contribution in [3.05, 3.63) is 40.5 Å². The summed E-state index contributed by atoms with van der Waals surface area (Å²) in [6, 6.07) is 1.74. The second kappa shape index (κ2) is 6.03. The van der Waals surface area contributed by atoms with Crippen molar-refractivity contribution in [1.82, 2.24) is 39.3 Å². The Labute approximate surface area is 140 Å². The quantitative estimate of drug-likeness (QED) is 0.530. The van der Waals surface area contributed by atoms with Gasteiger partial charge in [-0.3, -0.25) is 9.89 Å². The van der Waals surface area contributed by atoms with E-state index in [1.165, 1.54) is 15.3 Å². The zero-order valence-corrected chi connectivity index (χ0v) is 13.5. The summed E-state index contributed by atoms with van der Waals surface area (Å²) in [6.45, 7) is 0.542. The van der Waals surface area contributed by atoms with E-state index in [1.54, 1.807) is 26.5 Å². The van der Waals surface area contributed by atoms with E-state index in [9.17, 15) is 4.79 Å². The molecular formula is C14H14N8O3. The topological polar surface area (TPSA) is 125 Å². The number of rotatable bonds is 5. The normalized spacial score (nSPS) is 11.6. The molecule has 0 spiro atoms. The van der Waals surface area contributed by atoms with Crippen molar-refractivity contribution in [3.63, 3.8) is 0 Å². The molecule has 4 rings (SSSR count). The monoisotopic (exact) mass is 342 g/mol. The van der Waals surface area contributed by atoms with Gasteiger partial charge in [-0.15, -0.1) is 10.2 Å². The largest absolute Gasteiger partial charge is 0.377 e. The molecule has 0 aromatic carbocycles. The average Bonchev–Trinajstić information content (AvgIpc) is 3.22. The second-order valence-electron chi connectivity index (χ2n) is 5.24. The predicted octanol–water partition coefficient (Wildman–Crippen LogP) is -0.161. The van der Waals surface area contributed by atoms with Crippen molar-refractivity contribution < 1.29 is 9.47 Å². The Hall–Kier alpha value is -3.18. The molecule has 0 aliphatic rings. The van der Waals surface area contributed by atoms with Crippen molar-refractivity contribution in [3.8, 4) is 5.95 Å².